The Morgan fingerprint density at radius 2 is 1.84 bits per heavy atom. The third kappa shape index (κ3) is 6.19. The topological polar surface area (TPSA) is 87.8 Å². The number of piperazine rings is 1. The van der Waals surface area contributed by atoms with Crippen LogP contribution in [-0.4, -0.2) is 70.2 Å². The molecule has 0 saturated carbocycles. The summed E-state index contributed by atoms with van der Waals surface area (Å²) in [4.78, 5) is 30.8. The predicted molar refractivity (Wildman–Crippen MR) is 145 cm³/mol. The summed E-state index contributed by atoms with van der Waals surface area (Å²) in [7, 11) is 2.08. The molecule has 9 nitrogen and oxygen atoms in total. The third-order valence-electron chi connectivity index (χ3n) is 6.93. The maximum absolute atomic E-state index is 14.2. The fourth-order valence-corrected chi connectivity index (χ4v) is 4.66. The van der Waals surface area contributed by atoms with Crippen molar-refractivity contribution in [2.45, 2.75) is 33.7 Å². The first-order valence-corrected chi connectivity index (χ1v) is 13.0. The van der Waals surface area contributed by atoms with E-state index >= 15 is 0 Å². The number of likely N-dealkylation sites (N-methyl/N-ethyl adjacent to an activating group) is 1. The maximum Gasteiger partial charge on any atom is 0.270 e. The number of halogens is 1. The van der Waals surface area contributed by atoms with Gasteiger partial charge in [-0.25, -0.2) is 9.07 Å². The molecule has 1 amide bonds. The minimum absolute atomic E-state index is 0.118. The smallest absolute Gasteiger partial charge is 0.270 e. The molecule has 2 heterocycles. The largest absolute Gasteiger partial charge is 0.354 e. The van der Waals surface area contributed by atoms with Crippen LogP contribution in [0, 0.1) is 28.8 Å². The van der Waals surface area contributed by atoms with E-state index in [1.54, 1.807) is 21.7 Å². The van der Waals surface area contributed by atoms with Gasteiger partial charge in [0.15, 0.2) is 0 Å². The molecule has 202 valence electrons. The Labute approximate surface area is 222 Å². The fourth-order valence-electron chi connectivity index (χ4n) is 4.66. The van der Waals surface area contributed by atoms with E-state index in [4.69, 9.17) is 5.10 Å². The molecule has 0 bridgehead atoms. The molecule has 1 saturated heterocycles. The van der Waals surface area contributed by atoms with Crippen molar-refractivity contribution in [1.29, 1.82) is 0 Å². The van der Waals surface area contributed by atoms with Gasteiger partial charge in [0.2, 0.25) is 0 Å². The first-order chi connectivity index (χ1) is 18.1. The standard InChI is InChI=1S/C28H35FN6O3/c1-20(2)11-12-33(28(36)22-7-5-10-25(17-22)35(37)38)19-26-21(3)30-34(24-9-6-8-23(29)18-24)27(26)32-15-13-31(4)14-16-32/h5-10,17-18,20H,11-16,19H2,1-4H3. The molecule has 0 N–H and O–H groups in total. The van der Waals surface area contributed by atoms with Crippen molar-refractivity contribution in [3.63, 3.8) is 0 Å². The molecule has 0 radical (unpaired) electrons. The summed E-state index contributed by atoms with van der Waals surface area (Å²) in [6.07, 6.45) is 0.779. The van der Waals surface area contributed by atoms with Crippen LogP contribution in [0.4, 0.5) is 15.9 Å². The van der Waals surface area contributed by atoms with E-state index in [2.05, 4.69) is 30.7 Å². The van der Waals surface area contributed by atoms with E-state index in [0.717, 1.165) is 49.7 Å². The number of carbonyl (C=O) groups excluding carboxylic acids is 1. The Balaban J connectivity index is 1.76. The number of hydrogen-bond donors (Lipinski definition) is 0. The lowest BCUT2D eigenvalue weighted by molar-refractivity contribution is -0.384. The van der Waals surface area contributed by atoms with Crippen molar-refractivity contribution in [1.82, 2.24) is 19.6 Å². The number of aromatic nitrogens is 2. The van der Waals surface area contributed by atoms with E-state index < -0.39 is 4.92 Å². The number of rotatable bonds is 9. The molecule has 0 atom stereocenters. The van der Waals surface area contributed by atoms with Gasteiger partial charge in [-0.3, -0.25) is 14.9 Å². The highest BCUT2D eigenvalue weighted by Crippen LogP contribution is 2.30. The van der Waals surface area contributed by atoms with Crippen LogP contribution in [0.15, 0.2) is 48.5 Å². The Hall–Kier alpha value is -3.79. The first-order valence-electron chi connectivity index (χ1n) is 13.0. The van der Waals surface area contributed by atoms with Gasteiger partial charge < -0.3 is 14.7 Å². The van der Waals surface area contributed by atoms with Gasteiger partial charge in [0.25, 0.3) is 11.6 Å². The second-order valence-corrected chi connectivity index (χ2v) is 10.3. The van der Waals surface area contributed by atoms with E-state index in [-0.39, 0.29) is 29.5 Å². The number of nitro groups is 1. The summed E-state index contributed by atoms with van der Waals surface area (Å²) >= 11 is 0. The highest BCUT2D eigenvalue weighted by Gasteiger charge is 2.28. The molecule has 1 aromatic heterocycles. The molecule has 4 rings (SSSR count). The zero-order valence-electron chi connectivity index (χ0n) is 22.4. The molecular weight excluding hydrogens is 487 g/mol. The number of benzene rings is 2. The minimum atomic E-state index is -0.492. The molecule has 1 aliphatic heterocycles. The number of amides is 1. The Morgan fingerprint density at radius 3 is 2.50 bits per heavy atom. The highest BCUT2D eigenvalue weighted by molar-refractivity contribution is 5.95. The van der Waals surface area contributed by atoms with Gasteiger partial charge in [0, 0.05) is 56.0 Å². The van der Waals surface area contributed by atoms with E-state index in [1.807, 2.05) is 13.0 Å². The molecule has 3 aromatic rings. The van der Waals surface area contributed by atoms with Crippen molar-refractivity contribution in [2.75, 3.05) is 44.7 Å². The van der Waals surface area contributed by atoms with Crippen molar-refractivity contribution >= 4 is 17.4 Å². The molecule has 38 heavy (non-hydrogen) atoms. The highest BCUT2D eigenvalue weighted by atomic mass is 19.1. The predicted octanol–water partition coefficient (Wildman–Crippen LogP) is 4.67. The zero-order valence-corrected chi connectivity index (χ0v) is 22.4. The minimum Gasteiger partial charge on any atom is -0.354 e. The number of anilines is 1. The summed E-state index contributed by atoms with van der Waals surface area (Å²) < 4.78 is 16.0. The van der Waals surface area contributed by atoms with Gasteiger partial charge in [-0.2, -0.15) is 5.10 Å². The monoisotopic (exact) mass is 522 g/mol. The second kappa shape index (κ2) is 11.7. The Bertz CT molecular complexity index is 1300. The van der Waals surface area contributed by atoms with Crippen LogP contribution in [0.25, 0.3) is 5.69 Å². The van der Waals surface area contributed by atoms with Gasteiger partial charge in [0.05, 0.1) is 22.8 Å². The molecule has 0 aliphatic carbocycles. The normalized spacial score (nSPS) is 14.2. The van der Waals surface area contributed by atoms with Gasteiger partial charge in [-0.05, 0) is 50.6 Å². The van der Waals surface area contributed by atoms with Crippen LogP contribution in [0.3, 0.4) is 0 Å². The van der Waals surface area contributed by atoms with Crippen molar-refractivity contribution < 1.29 is 14.1 Å². The average molecular weight is 523 g/mol. The van der Waals surface area contributed by atoms with Crippen LogP contribution < -0.4 is 4.90 Å². The van der Waals surface area contributed by atoms with Crippen LogP contribution in [0.2, 0.25) is 0 Å². The van der Waals surface area contributed by atoms with Crippen LogP contribution in [0.5, 0.6) is 0 Å². The lowest BCUT2D eigenvalue weighted by Crippen LogP contribution is -2.45. The number of non-ortho nitro benzene ring substituents is 1. The SMILES string of the molecule is Cc1nn(-c2cccc(F)c2)c(N2CCN(C)CC2)c1CN(CCC(C)C)C(=O)c1cccc([N+](=O)[O-])c1. The summed E-state index contributed by atoms with van der Waals surface area (Å²) in [5, 5.41) is 16.1. The molecular formula is C28H35FN6O3. The van der Waals surface area contributed by atoms with Gasteiger partial charge in [-0.1, -0.05) is 26.0 Å². The van der Waals surface area contributed by atoms with Crippen molar-refractivity contribution in [3.05, 3.63) is 81.3 Å². The van der Waals surface area contributed by atoms with Crippen LogP contribution in [-0.2, 0) is 6.54 Å². The number of nitro benzene ring substituents is 1. The lowest BCUT2D eigenvalue weighted by Gasteiger charge is -2.35. The Kier molecular flexibility index (Phi) is 8.41. The summed E-state index contributed by atoms with van der Waals surface area (Å²) in [6.45, 7) is 10.2. The third-order valence-corrected chi connectivity index (χ3v) is 6.93. The van der Waals surface area contributed by atoms with Gasteiger partial charge in [-0.15, -0.1) is 0 Å². The zero-order chi connectivity index (χ0) is 27.4. The number of carbonyl (C=O) groups is 1. The summed E-state index contributed by atoms with van der Waals surface area (Å²) in [6, 6.07) is 12.2. The fraction of sp³-hybridized carbons (Fsp3) is 0.429. The summed E-state index contributed by atoms with van der Waals surface area (Å²) in [5.41, 5.74) is 2.42. The van der Waals surface area contributed by atoms with E-state index in [0.29, 0.717) is 18.2 Å². The molecule has 10 heteroatoms. The average Bonchev–Trinajstić information content (AvgIpc) is 3.22. The quantitative estimate of drug-likeness (QED) is 0.300. The molecule has 1 fully saturated rings. The molecule has 1 aliphatic rings. The molecule has 0 unspecified atom stereocenters. The van der Waals surface area contributed by atoms with Crippen molar-refractivity contribution in [3.8, 4) is 5.69 Å². The van der Waals surface area contributed by atoms with Gasteiger partial charge in [0.1, 0.15) is 11.6 Å². The number of nitrogens with zero attached hydrogens (tertiary/aromatic N) is 6. The lowest BCUT2D eigenvalue weighted by atomic mass is 10.1. The second-order valence-electron chi connectivity index (χ2n) is 10.3. The van der Waals surface area contributed by atoms with E-state index in [9.17, 15) is 19.3 Å². The van der Waals surface area contributed by atoms with Crippen LogP contribution >= 0.6 is 0 Å². The number of hydrogen-bond acceptors (Lipinski definition) is 6. The maximum atomic E-state index is 14.2. The van der Waals surface area contributed by atoms with Gasteiger partial charge >= 0.3 is 0 Å². The number of aryl methyl sites for hydroxylation is 1. The van der Waals surface area contributed by atoms with Crippen LogP contribution in [0.1, 0.15) is 41.9 Å². The van der Waals surface area contributed by atoms with Crippen molar-refractivity contribution in [2.24, 2.45) is 5.92 Å². The summed E-state index contributed by atoms with van der Waals surface area (Å²) in [5.74, 6) is 0.601. The Morgan fingerprint density at radius 1 is 1.13 bits per heavy atom. The molecule has 2 aromatic carbocycles. The van der Waals surface area contributed by atoms with E-state index in [1.165, 1.54) is 30.3 Å². The molecule has 0 spiro atoms. The first kappa shape index (κ1) is 27.3.